The van der Waals surface area contributed by atoms with E-state index in [1.165, 1.54) is 6.33 Å². The SMILES string of the molecule is CC(C)NC(C(=O)N1CCN(c2ncnc3c2C(C)CC3O)CC1)c1ccc(Cl)cc1. The maximum atomic E-state index is 13.4. The molecule has 1 amide bonds. The molecule has 0 radical (unpaired) electrons. The number of aromatic nitrogens is 2. The van der Waals surface area contributed by atoms with Gasteiger partial charge in [0.05, 0.1) is 11.8 Å². The Bertz CT molecular complexity index is 928. The first-order valence-corrected chi connectivity index (χ1v) is 11.3. The predicted octanol–water partition coefficient (Wildman–Crippen LogP) is 3.06. The second-order valence-electron chi connectivity index (χ2n) is 8.77. The van der Waals surface area contributed by atoms with Gasteiger partial charge in [-0.1, -0.05) is 30.7 Å². The predicted molar refractivity (Wildman–Crippen MR) is 121 cm³/mol. The summed E-state index contributed by atoms with van der Waals surface area (Å²) in [6.07, 6.45) is 1.70. The summed E-state index contributed by atoms with van der Waals surface area (Å²) in [5.41, 5.74) is 2.72. The Hall–Kier alpha value is -2.22. The van der Waals surface area contributed by atoms with Gasteiger partial charge in [0.15, 0.2) is 0 Å². The minimum atomic E-state index is -0.517. The Morgan fingerprint density at radius 1 is 1.16 bits per heavy atom. The third-order valence-corrected chi connectivity index (χ3v) is 6.37. The van der Waals surface area contributed by atoms with Gasteiger partial charge in [0.25, 0.3) is 0 Å². The fourth-order valence-electron chi connectivity index (χ4n) is 4.57. The van der Waals surface area contributed by atoms with E-state index in [2.05, 4.69) is 27.1 Å². The molecule has 0 spiro atoms. The maximum absolute atomic E-state index is 13.4. The second kappa shape index (κ2) is 9.10. The molecule has 2 N–H and O–H groups in total. The van der Waals surface area contributed by atoms with Gasteiger partial charge in [0, 0.05) is 42.8 Å². The number of hydrogen-bond acceptors (Lipinski definition) is 6. The number of hydrogen-bond donors (Lipinski definition) is 2. The molecule has 2 heterocycles. The molecular formula is C23H30ClN5O2. The van der Waals surface area contributed by atoms with E-state index in [-0.39, 0.29) is 17.9 Å². The summed E-state index contributed by atoms with van der Waals surface area (Å²) >= 11 is 6.04. The highest BCUT2D eigenvalue weighted by Crippen LogP contribution is 2.42. The van der Waals surface area contributed by atoms with E-state index >= 15 is 0 Å². The number of aliphatic hydroxyl groups is 1. The van der Waals surface area contributed by atoms with Gasteiger partial charge in [0.1, 0.15) is 18.2 Å². The molecule has 7 nitrogen and oxygen atoms in total. The smallest absolute Gasteiger partial charge is 0.244 e. The van der Waals surface area contributed by atoms with Crippen LogP contribution in [0.3, 0.4) is 0 Å². The fraction of sp³-hybridized carbons (Fsp3) is 0.522. The normalized spacial score (nSPS) is 22.0. The second-order valence-corrected chi connectivity index (χ2v) is 9.20. The summed E-state index contributed by atoms with van der Waals surface area (Å²) in [5, 5.41) is 14.3. The summed E-state index contributed by atoms with van der Waals surface area (Å²) < 4.78 is 0. The van der Waals surface area contributed by atoms with Gasteiger partial charge in [-0.3, -0.25) is 10.1 Å². The highest BCUT2D eigenvalue weighted by Gasteiger charge is 2.35. The molecule has 0 bridgehead atoms. The largest absolute Gasteiger partial charge is 0.387 e. The van der Waals surface area contributed by atoms with E-state index in [4.69, 9.17) is 11.6 Å². The molecule has 1 aromatic heterocycles. The van der Waals surface area contributed by atoms with Gasteiger partial charge >= 0.3 is 0 Å². The van der Waals surface area contributed by atoms with E-state index in [0.29, 0.717) is 37.6 Å². The standard InChI is InChI=1S/C23H30ClN5O2/c1-14(2)27-20(16-4-6-17(24)7-5-16)23(31)29-10-8-28(9-11-29)22-19-15(3)12-18(30)21(19)25-13-26-22/h4-7,13-15,18,20,27,30H,8-12H2,1-3H3. The Morgan fingerprint density at radius 3 is 2.48 bits per heavy atom. The lowest BCUT2D eigenvalue weighted by Crippen LogP contribution is -2.52. The lowest BCUT2D eigenvalue weighted by atomic mass is 10.0. The van der Waals surface area contributed by atoms with Gasteiger partial charge in [0.2, 0.25) is 5.91 Å². The number of benzene rings is 1. The molecule has 1 fully saturated rings. The average molecular weight is 444 g/mol. The Kier molecular flexibility index (Phi) is 6.46. The summed E-state index contributed by atoms with van der Waals surface area (Å²) in [6, 6.07) is 7.23. The number of rotatable bonds is 5. The van der Waals surface area contributed by atoms with Crippen molar-refractivity contribution in [2.24, 2.45) is 0 Å². The minimum Gasteiger partial charge on any atom is -0.387 e. The third kappa shape index (κ3) is 4.54. The number of carbonyl (C=O) groups excluding carboxylic acids is 1. The zero-order valence-electron chi connectivity index (χ0n) is 18.3. The molecule has 2 aromatic rings. The van der Waals surface area contributed by atoms with Crippen LogP contribution in [-0.2, 0) is 4.79 Å². The van der Waals surface area contributed by atoms with E-state index in [9.17, 15) is 9.90 Å². The molecule has 2 aliphatic rings. The molecule has 3 atom stereocenters. The highest BCUT2D eigenvalue weighted by atomic mass is 35.5. The zero-order valence-corrected chi connectivity index (χ0v) is 19.0. The fourth-order valence-corrected chi connectivity index (χ4v) is 4.70. The van der Waals surface area contributed by atoms with E-state index in [0.717, 1.165) is 22.6 Å². The molecule has 3 unspecified atom stereocenters. The van der Waals surface area contributed by atoms with Gasteiger partial charge < -0.3 is 14.9 Å². The molecule has 1 aromatic carbocycles. The topological polar surface area (TPSA) is 81.6 Å². The Balaban J connectivity index is 1.48. The minimum absolute atomic E-state index is 0.0763. The third-order valence-electron chi connectivity index (χ3n) is 6.12. The summed E-state index contributed by atoms with van der Waals surface area (Å²) in [4.78, 5) is 26.4. The first-order chi connectivity index (χ1) is 14.8. The van der Waals surface area contributed by atoms with E-state index in [1.807, 2.05) is 43.0 Å². The molecule has 31 heavy (non-hydrogen) atoms. The van der Waals surface area contributed by atoms with Gasteiger partial charge in [-0.15, -0.1) is 0 Å². The molecule has 1 saturated heterocycles. The highest BCUT2D eigenvalue weighted by molar-refractivity contribution is 6.30. The van der Waals surface area contributed by atoms with Crippen LogP contribution in [0.2, 0.25) is 5.02 Å². The molecule has 4 rings (SSSR count). The Labute approximate surface area is 188 Å². The van der Waals surface area contributed by atoms with Crippen molar-refractivity contribution in [3.63, 3.8) is 0 Å². The number of nitrogens with one attached hydrogen (secondary N) is 1. The molecule has 1 aliphatic heterocycles. The van der Waals surface area contributed by atoms with Crippen LogP contribution in [0.15, 0.2) is 30.6 Å². The van der Waals surface area contributed by atoms with Crippen LogP contribution in [0.25, 0.3) is 0 Å². The van der Waals surface area contributed by atoms with Crippen molar-refractivity contribution in [3.05, 3.63) is 52.4 Å². The van der Waals surface area contributed by atoms with Crippen molar-refractivity contribution in [3.8, 4) is 0 Å². The van der Waals surface area contributed by atoms with Crippen LogP contribution in [-0.4, -0.2) is 58.1 Å². The van der Waals surface area contributed by atoms with Crippen molar-refractivity contribution < 1.29 is 9.90 Å². The quantitative estimate of drug-likeness (QED) is 0.739. The first kappa shape index (κ1) is 22.0. The lowest BCUT2D eigenvalue weighted by Gasteiger charge is -2.38. The number of halogens is 1. The number of nitrogens with zero attached hydrogens (tertiary/aromatic N) is 4. The van der Waals surface area contributed by atoms with E-state index < -0.39 is 12.1 Å². The number of fused-ring (bicyclic) bond motifs is 1. The first-order valence-electron chi connectivity index (χ1n) is 10.9. The summed E-state index contributed by atoms with van der Waals surface area (Å²) in [7, 11) is 0. The molecule has 0 saturated carbocycles. The lowest BCUT2D eigenvalue weighted by molar-refractivity contribution is -0.134. The van der Waals surface area contributed by atoms with Gasteiger partial charge in [-0.25, -0.2) is 9.97 Å². The molecular weight excluding hydrogens is 414 g/mol. The number of anilines is 1. The average Bonchev–Trinajstić information content (AvgIpc) is 3.06. The van der Waals surface area contributed by atoms with Gasteiger partial charge in [-0.05, 0) is 43.9 Å². The van der Waals surface area contributed by atoms with Crippen molar-refractivity contribution >= 4 is 23.3 Å². The Morgan fingerprint density at radius 2 is 1.84 bits per heavy atom. The van der Waals surface area contributed by atoms with Crippen LogP contribution >= 0.6 is 11.6 Å². The maximum Gasteiger partial charge on any atom is 0.244 e. The van der Waals surface area contributed by atoms with Crippen LogP contribution in [0.1, 0.15) is 62.1 Å². The van der Waals surface area contributed by atoms with Crippen molar-refractivity contribution in [1.29, 1.82) is 0 Å². The number of carbonyl (C=O) groups is 1. The molecule has 1 aliphatic carbocycles. The van der Waals surface area contributed by atoms with Crippen molar-refractivity contribution in [2.75, 3.05) is 31.1 Å². The summed E-state index contributed by atoms with van der Waals surface area (Å²) in [5.74, 6) is 1.20. The van der Waals surface area contributed by atoms with E-state index in [1.54, 1.807) is 0 Å². The monoisotopic (exact) mass is 443 g/mol. The molecule has 8 heteroatoms. The van der Waals surface area contributed by atoms with Crippen LogP contribution < -0.4 is 10.2 Å². The van der Waals surface area contributed by atoms with Crippen LogP contribution in [0.4, 0.5) is 5.82 Å². The number of piperazine rings is 1. The van der Waals surface area contributed by atoms with Crippen molar-refractivity contribution in [2.45, 2.75) is 51.3 Å². The van der Waals surface area contributed by atoms with Crippen molar-refractivity contribution in [1.82, 2.24) is 20.2 Å². The molecule has 166 valence electrons. The number of aliphatic hydroxyl groups excluding tert-OH is 1. The van der Waals surface area contributed by atoms with Crippen LogP contribution in [0, 0.1) is 0 Å². The van der Waals surface area contributed by atoms with Gasteiger partial charge in [-0.2, -0.15) is 0 Å². The number of amides is 1. The zero-order chi connectivity index (χ0) is 22.1. The van der Waals surface area contributed by atoms with Crippen LogP contribution in [0.5, 0.6) is 0 Å². The summed E-state index contributed by atoms with van der Waals surface area (Å²) in [6.45, 7) is 8.84.